The normalized spacial score (nSPS) is 13.2. The number of benzene rings is 1. The van der Waals surface area contributed by atoms with Crippen molar-refractivity contribution in [3.8, 4) is 5.75 Å². The van der Waals surface area contributed by atoms with Crippen LogP contribution in [0.5, 0.6) is 5.75 Å². The lowest BCUT2D eigenvalue weighted by atomic mass is 9.99. The second-order valence-corrected chi connectivity index (χ2v) is 11.9. The summed E-state index contributed by atoms with van der Waals surface area (Å²) in [5.41, 5.74) is 4.49. The van der Waals surface area contributed by atoms with Gasteiger partial charge in [-0.2, -0.15) is 0 Å². The molecule has 0 aromatic heterocycles. The van der Waals surface area contributed by atoms with Gasteiger partial charge in [-0.05, 0) is 65.7 Å². The molecule has 5 N–H and O–H groups in total. The molecule has 0 saturated carbocycles. The van der Waals surface area contributed by atoms with Crippen LogP contribution in [0.25, 0.3) is 0 Å². The maximum Gasteiger partial charge on any atom is 0.408 e. The maximum atomic E-state index is 14.0. The molecule has 10 nitrogen and oxygen atoms in total. The highest BCUT2D eigenvalue weighted by Gasteiger charge is 2.37. The molecular weight excluding hydrogens is 500 g/mol. The summed E-state index contributed by atoms with van der Waals surface area (Å²) in [6.45, 7) is 12.9. The molecule has 220 valence electrons. The Labute approximate surface area is 233 Å². The van der Waals surface area contributed by atoms with Crippen LogP contribution in [0.3, 0.4) is 0 Å². The summed E-state index contributed by atoms with van der Waals surface area (Å²) in [4.78, 5) is 53.5. The van der Waals surface area contributed by atoms with E-state index in [4.69, 9.17) is 10.5 Å². The quantitative estimate of drug-likeness (QED) is 0.254. The van der Waals surface area contributed by atoms with Gasteiger partial charge in [0.15, 0.2) is 0 Å². The Bertz CT molecular complexity index is 950. The molecule has 1 aromatic rings. The predicted octanol–water partition coefficient (Wildman–Crippen LogP) is 4.31. The Morgan fingerprint density at radius 2 is 1.51 bits per heavy atom. The highest BCUT2D eigenvalue weighted by Crippen LogP contribution is 2.26. The molecule has 2 unspecified atom stereocenters. The van der Waals surface area contributed by atoms with Crippen LogP contribution in [-0.2, 0) is 19.1 Å². The lowest BCUT2D eigenvalue weighted by molar-refractivity contribution is -0.144. The summed E-state index contributed by atoms with van der Waals surface area (Å²) in [6, 6.07) is 3.63. The standard InChI is InChI=1S/C29H48N4O6/c1-8-9-10-11-12-13-18-33(26(37)22(19-23(30)35)31-27(38)39-29(5,6)7)24(25(36)32-28(2,3)4)20-14-16-21(34)17-15-20/h14-17,22,24,34H,8-13,18-19H2,1-7H3,(H2,30,35)(H,31,38)(H,32,36). The molecule has 0 aliphatic carbocycles. The third-order valence-corrected chi connectivity index (χ3v) is 5.70. The third-order valence-electron chi connectivity index (χ3n) is 5.70. The number of hydrogen-bond acceptors (Lipinski definition) is 6. The zero-order valence-electron chi connectivity index (χ0n) is 24.6. The van der Waals surface area contributed by atoms with Gasteiger partial charge >= 0.3 is 6.09 Å². The maximum absolute atomic E-state index is 14.0. The van der Waals surface area contributed by atoms with Crippen molar-refractivity contribution in [3.05, 3.63) is 29.8 Å². The summed E-state index contributed by atoms with van der Waals surface area (Å²) in [6.07, 6.45) is 4.39. The van der Waals surface area contributed by atoms with E-state index in [-0.39, 0.29) is 12.3 Å². The molecule has 0 radical (unpaired) electrons. The van der Waals surface area contributed by atoms with Gasteiger partial charge in [0.2, 0.25) is 17.7 Å². The molecule has 1 rings (SSSR count). The Morgan fingerprint density at radius 3 is 2.03 bits per heavy atom. The van der Waals surface area contributed by atoms with Crippen molar-refractivity contribution in [1.29, 1.82) is 0 Å². The number of phenols is 1. The molecule has 0 aliphatic rings. The van der Waals surface area contributed by atoms with Gasteiger partial charge in [0.1, 0.15) is 23.4 Å². The number of carbonyl (C=O) groups is 4. The van der Waals surface area contributed by atoms with Gasteiger partial charge in [0, 0.05) is 12.1 Å². The van der Waals surface area contributed by atoms with Gasteiger partial charge in [-0.15, -0.1) is 0 Å². The van der Waals surface area contributed by atoms with Gasteiger partial charge in [0.25, 0.3) is 0 Å². The Morgan fingerprint density at radius 1 is 0.949 bits per heavy atom. The van der Waals surface area contributed by atoms with Crippen molar-refractivity contribution in [2.75, 3.05) is 6.54 Å². The minimum atomic E-state index is -1.33. The minimum Gasteiger partial charge on any atom is -0.508 e. The number of hydrogen-bond donors (Lipinski definition) is 4. The van der Waals surface area contributed by atoms with Crippen LogP contribution in [0.15, 0.2) is 24.3 Å². The van der Waals surface area contributed by atoms with Crippen LogP contribution < -0.4 is 16.4 Å². The van der Waals surface area contributed by atoms with Crippen LogP contribution in [0.4, 0.5) is 4.79 Å². The number of nitrogens with two attached hydrogens (primary N) is 1. The van der Waals surface area contributed by atoms with Crippen molar-refractivity contribution in [3.63, 3.8) is 0 Å². The summed E-state index contributed by atoms with van der Waals surface area (Å²) >= 11 is 0. The Kier molecular flexibility index (Phi) is 13.3. The topological polar surface area (TPSA) is 151 Å². The second-order valence-electron chi connectivity index (χ2n) is 11.9. The molecule has 39 heavy (non-hydrogen) atoms. The van der Waals surface area contributed by atoms with E-state index < -0.39 is 53.5 Å². The number of phenolic OH excluding ortho intramolecular Hbond substituents is 1. The van der Waals surface area contributed by atoms with Gasteiger partial charge < -0.3 is 31.1 Å². The van der Waals surface area contributed by atoms with Gasteiger partial charge in [0.05, 0.1) is 6.42 Å². The fraction of sp³-hybridized carbons (Fsp3) is 0.655. The van der Waals surface area contributed by atoms with Gasteiger partial charge in [-0.1, -0.05) is 51.2 Å². The zero-order chi connectivity index (χ0) is 29.8. The van der Waals surface area contributed by atoms with E-state index in [0.29, 0.717) is 12.0 Å². The van der Waals surface area contributed by atoms with Crippen molar-refractivity contribution in [1.82, 2.24) is 15.5 Å². The van der Waals surface area contributed by atoms with E-state index in [1.54, 1.807) is 32.9 Å². The van der Waals surface area contributed by atoms with Crippen molar-refractivity contribution < 1.29 is 29.0 Å². The summed E-state index contributed by atoms with van der Waals surface area (Å²) in [5.74, 6) is -1.83. The number of alkyl carbamates (subject to hydrolysis) is 1. The molecular formula is C29H48N4O6. The summed E-state index contributed by atoms with van der Waals surface area (Å²) in [7, 11) is 0. The minimum absolute atomic E-state index is 0.0146. The summed E-state index contributed by atoms with van der Waals surface area (Å²) < 4.78 is 5.31. The Balaban J connectivity index is 3.47. The fourth-order valence-corrected chi connectivity index (χ4v) is 4.05. The number of amides is 4. The van der Waals surface area contributed by atoms with E-state index in [1.807, 2.05) is 20.8 Å². The van der Waals surface area contributed by atoms with Crippen LogP contribution in [-0.4, -0.2) is 57.5 Å². The van der Waals surface area contributed by atoms with Crippen molar-refractivity contribution in [2.45, 2.75) is 117 Å². The largest absolute Gasteiger partial charge is 0.508 e. The fourth-order valence-electron chi connectivity index (χ4n) is 4.05. The average Bonchev–Trinajstić information content (AvgIpc) is 2.78. The first-order valence-electron chi connectivity index (χ1n) is 13.7. The lowest BCUT2D eigenvalue weighted by Crippen LogP contribution is -2.55. The molecule has 10 heteroatoms. The van der Waals surface area contributed by atoms with Crippen molar-refractivity contribution in [2.24, 2.45) is 5.73 Å². The van der Waals surface area contributed by atoms with Crippen molar-refractivity contribution >= 4 is 23.8 Å². The van der Waals surface area contributed by atoms with Crippen LogP contribution in [0, 0.1) is 0 Å². The third kappa shape index (κ3) is 13.4. The molecule has 0 bridgehead atoms. The smallest absolute Gasteiger partial charge is 0.408 e. The van der Waals surface area contributed by atoms with Crippen LogP contribution >= 0.6 is 0 Å². The molecule has 2 atom stereocenters. The molecule has 0 fully saturated rings. The highest BCUT2D eigenvalue weighted by molar-refractivity contribution is 5.94. The number of unbranched alkanes of at least 4 members (excludes halogenated alkanes) is 5. The number of rotatable bonds is 14. The number of ether oxygens (including phenoxy) is 1. The van der Waals surface area contributed by atoms with E-state index in [0.717, 1.165) is 32.1 Å². The molecule has 0 heterocycles. The Hall–Kier alpha value is -3.30. The number of primary amides is 1. The summed E-state index contributed by atoms with van der Waals surface area (Å²) in [5, 5.41) is 15.3. The van der Waals surface area contributed by atoms with Gasteiger partial charge in [-0.25, -0.2) is 4.79 Å². The predicted molar refractivity (Wildman–Crippen MR) is 151 cm³/mol. The van der Waals surface area contributed by atoms with Crippen LogP contribution in [0.1, 0.15) is 105 Å². The number of aromatic hydroxyl groups is 1. The first kappa shape index (κ1) is 33.7. The number of nitrogens with one attached hydrogen (secondary N) is 2. The molecule has 1 aromatic carbocycles. The van der Waals surface area contributed by atoms with E-state index in [1.165, 1.54) is 17.0 Å². The molecule has 0 saturated heterocycles. The molecule has 0 spiro atoms. The van der Waals surface area contributed by atoms with E-state index in [9.17, 15) is 24.3 Å². The SMILES string of the molecule is CCCCCCCCN(C(=O)C(CC(N)=O)NC(=O)OC(C)(C)C)C(C(=O)NC(C)(C)C)c1ccc(O)cc1. The van der Waals surface area contributed by atoms with Gasteiger partial charge in [-0.3, -0.25) is 14.4 Å². The van der Waals surface area contributed by atoms with E-state index in [2.05, 4.69) is 17.6 Å². The number of carbonyl (C=O) groups excluding carboxylic acids is 4. The van der Waals surface area contributed by atoms with Crippen LogP contribution in [0.2, 0.25) is 0 Å². The first-order valence-corrected chi connectivity index (χ1v) is 13.7. The lowest BCUT2D eigenvalue weighted by Gasteiger charge is -2.36. The first-order chi connectivity index (χ1) is 18.0. The molecule has 4 amide bonds. The highest BCUT2D eigenvalue weighted by atomic mass is 16.6. The zero-order valence-corrected chi connectivity index (χ0v) is 24.6. The second kappa shape index (κ2) is 15.3. The van der Waals surface area contributed by atoms with E-state index >= 15 is 0 Å². The molecule has 0 aliphatic heterocycles. The average molecular weight is 549 g/mol. The monoisotopic (exact) mass is 548 g/mol. The number of nitrogens with zero attached hydrogens (tertiary/aromatic N) is 1.